The first kappa shape index (κ1) is 22.5. The Labute approximate surface area is 191 Å². The topological polar surface area (TPSA) is 75.6 Å². The van der Waals surface area contributed by atoms with Gasteiger partial charge in [-0.2, -0.15) is 0 Å². The first-order valence-electron chi connectivity index (χ1n) is 10.6. The quantitative estimate of drug-likeness (QED) is 0.600. The number of likely N-dealkylation sites (N-methyl/N-ethyl adjacent to an activating group) is 1. The van der Waals surface area contributed by atoms with Crippen molar-refractivity contribution in [1.82, 2.24) is 19.8 Å². The van der Waals surface area contributed by atoms with Gasteiger partial charge in [-0.25, -0.2) is 9.37 Å². The second-order valence-electron chi connectivity index (χ2n) is 8.20. The summed E-state index contributed by atoms with van der Waals surface area (Å²) in [6.07, 6.45) is 4.63. The van der Waals surface area contributed by atoms with Crippen molar-refractivity contribution in [2.45, 2.75) is 12.0 Å². The fraction of sp³-hybridized carbons (Fsp3) is 0.280. The molecule has 0 N–H and O–H groups in total. The zero-order chi connectivity index (χ0) is 23.4. The van der Waals surface area contributed by atoms with E-state index < -0.39 is 5.60 Å². The van der Waals surface area contributed by atoms with Crippen molar-refractivity contribution in [2.24, 2.45) is 0 Å². The van der Waals surface area contributed by atoms with Crippen LogP contribution >= 0.6 is 0 Å². The van der Waals surface area contributed by atoms with Crippen LogP contribution in [0.15, 0.2) is 67.1 Å². The number of hydrogen-bond donors (Lipinski definition) is 0. The Morgan fingerprint density at radius 2 is 1.88 bits per heavy atom. The molecular formula is C25H25FN4O3. The summed E-state index contributed by atoms with van der Waals surface area (Å²) in [6, 6.07) is 13.9. The van der Waals surface area contributed by atoms with Crippen molar-refractivity contribution in [3.63, 3.8) is 0 Å². The van der Waals surface area contributed by atoms with Gasteiger partial charge < -0.3 is 14.5 Å². The second kappa shape index (κ2) is 9.46. The molecular weight excluding hydrogens is 423 g/mol. The van der Waals surface area contributed by atoms with E-state index >= 15 is 0 Å². The highest BCUT2D eigenvalue weighted by Crippen LogP contribution is 2.31. The van der Waals surface area contributed by atoms with Gasteiger partial charge in [-0.15, -0.1) is 0 Å². The van der Waals surface area contributed by atoms with Crippen molar-refractivity contribution in [2.75, 3.05) is 33.8 Å². The van der Waals surface area contributed by atoms with Crippen LogP contribution in [0.2, 0.25) is 0 Å². The van der Waals surface area contributed by atoms with E-state index in [2.05, 4.69) is 9.97 Å². The first-order chi connectivity index (χ1) is 15.9. The van der Waals surface area contributed by atoms with Gasteiger partial charge in [0.25, 0.3) is 11.8 Å². The molecule has 1 aliphatic heterocycles. The molecule has 0 radical (unpaired) electrons. The minimum absolute atomic E-state index is 0.0805. The van der Waals surface area contributed by atoms with Gasteiger partial charge in [0.2, 0.25) is 0 Å². The minimum Gasteiger partial charge on any atom is -0.361 e. The molecule has 1 atom stereocenters. The van der Waals surface area contributed by atoms with Gasteiger partial charge in [-0.1, -0.05) is 36.4 Å². The van der Waals surface area contributed by atoms with Gasteiger partial charge in [0, 0.05) is 39.5 Å². The highest BCUT2D eigenvalue weighted by atomic mass is 19.1. The van der Waals surface area contributed by atoms with Gasteiger partial charge >= 0.3 is 0 Å². The molecule has 2 amide bonds. The first-order valence-corrected chi connectivity index (χ1v) is 10.6. The van der Waals surface area contributed by atoms with E-state index in [1.165, 1.54) is 35.6 Å². The van der Waals surface area contributed by atoms with Crippen LogP contribution in [0.1, 0.15) is 16.1 Å². The van der Waals surface area contributed by atoms with Crippen molar-refractivity contribution >= 4 is 11.8 Å². The summed E-state index contributed by atoms with van der Waals surface area (Å²) >= 11 is 0. The molecule has 3 aromatic rings. The highest BCUT2D eigenvalue weighted by molar-refractivity contribution is 5.93. The van der Waals surface area contributed by atoms with Crippen molar-refractivity contribution < 1.29 is 18.7 Å². The summed E-state index contributed by atoms with van der Waals surface area (Å²) in [5.41, 5.74) is 1.54. The van der Waals surface area contributed by atoms with Crippen molar-refractivity contribution in [1.29, 1.82) is 0 Å². The smallest absolute Gasteiger partial charge is 0.274 e. The molecule has 8 heteroatoms. The SMILES string of the molecule is CN(C)C(=O)[C@@]1(Cc2ccccc2-c2ccc(F)cc2)CN(C(=O)c2cnccn2)CCO1. The monoisotopic (exact) mass is 448 g/mol. The maximum absolute atomic E-state index is 13.5. The fourth-order valence-corrected chi connectivity index (χ4v) is 4.14. The molecule has 0 aliphatic carbocycles. The number of carbonyl (C=O) groups is 2. The third kappa shape index (κ3) is 4.75. The predicted molar refractivity (Wildman–Crippen MR) is 121 cm³/mol. The molecule has 1 saturated heterocycles. The Kier molecular flexibility index (Phi) is 6.46. The summed E-state index contributed by atoms with van der Waals surface area (Å²) < 4.78 is 19.6. The molecule has 0 bridgehead atoms. The normalized spacial score (nSPS) is 18.1. The maximum atomic E-state index is 13.5. The van der Waals surface area contributed by atoms with Gasteiger partial charge in [0.05, 0.1) is 19.3 Å². The lowest BCUT2D eigenvalue weighted by Crippen LogP contribution is -2.61. The number of ether oxygens (including phenoxy) is 1. The van der Waals surface area contributed by atoms with Crippen LogP contribution in [0, 0.1) is 5.82 Å². The number of halogens is 1. The van der Waals surface area contributed by atoms with Crippen LogP contribution in [-0.2, 0) is 16.0 Å². The number of aromatic nitrogens is 2. The van der Waals surface area contributed by atoms with Crippen LogP contribution < -0.4 is 0 Å². The number of amides is 2. The molecule has 2 aromatic carbocycles. The molecule has 1 fully saturated rings. The summed E-state index contributed by atoms with van der Waals surface area (Å²) in [6.45, 7) is 0.638. The average molecular weight is 448 g/mol. The van der Waals surface area contributed by atoms with E-state index in [0.717, 1.165) is 16.7 Å². The summed E-state index contributed by atoms with van der Waals surface area (Å²) in [5.74, 6) is -0.841. The molecule has 2 heterocycles. The molecule has 170 valence electrons. The largest absolute Gasteiger partial charge is 0.361 e. The Morgan fingerprint density at radius 3 is 2.58 bits per heavy atom. The Balaban J connectivity index is 1.70. The van der Waals surface area contributed by atoms with Crippen molar-refractivity contribution in [3.05, 3.63) is 84.2 Å². The number of carbonyl (C=O) groups excluding carboxylic acids is 2. The molecule has 0 unspecified atom stereocenters. The lowest BCUT2D eigenvalue weighted by Gasteiger charge is -2.43. The van der Waals surface area contributed by atoms with Gasteiger partial charge in [0.15, 0.2) is 5.60 Å². The molecule has 33 heavy (non-hydrogen) atoms. The fourth-order valence-electron chi connectivity index (χ4n) is 4.14. The Bertz CT molecular complexity index is 1140. The van der Waals surface area contributed by atoms with Crippen LogP contribution in [-0.4, -0.2) is 71.0 Å². The van der Waals surface area contributed by atoms with Crippen LogP contribution in [0.5, 0.6) is 0 Å². The van der Waals surface area contributed by atoms with E-state index in [-0.39, 0.29) is 42.9 Å². The standard InChI is InChI=1S/C25H25FN4O3/c1-29(2)24(32)25(17-30(13-14-33-25)23(31)22-16-27-11-12-28-22)15-19-5-3-4-6-21(19)18-7-9-20(26)10-8-18/h3-12,16H,13-15,17H2,1-2H3/t25-/m1/s1. The van der Waals surface area contributed by atoms with Gasteiger partial charge in [0.1, 0.15) is 11.5 Å². The van der Waals surface area contributed by atoms with Crippen molar-refractivity contribution in [3.8, 4) is 11.1 Å². The second-order valence-corrected chi connectivity index (χ2v) is 8.20. The van der Waals surface area contributed by atoms with Crippen LogP contribution in [0.3, 0.4) is 0 Å². The van der Waals surface area contributed by atoms with E-state index in [1.807, 2.05) is 24.3 Å². The van der Waals surface area contributed by atoms with Gasteiger partial charge in [-0.05, 0) is 28.8 Å². The molecule has 1 aromatic heterocycles. The molecule has 0 saturated carbocycles. The highest BCUT2D eigenvalue weighted by Gasteiger charge is 2.46. The number of hydrogen-bond acceptors (Lipinski definition) is 5. The van der Waals surface area contributed by atoms with E-state index in [0.29, 0.717) is 6.54 Å². The zero-order valence-electron chi connectivity index (χ0n) is 18.6. The summed E-state index contributed by atoms with van der Waals surface area (Å²) in [7, 11) is 3.34. The number of rotatable bonds is 5. The summed E-state index contributed by atoms with van der Waals surface area (Å²) in [4.78, 5) is 37.6. The van der Waals surface area contributed by atoms with E-state index in [1.54, 1.807) is 31.1 Å². The Hall–Kier alpha value is -3.65. The number of nitrogens with zero attached hydrogens (tertiary/aromatic N) is 4. The molecule has 0 spiro atoms. The van der Waals surface area contributed by atoms with Crippen LogP contribution in [0.25, 0.3) is 11.1 Å². The lowest BCUT2D eigenvalue weighted by molar-refractivity contribution is -0.165. The minimum atomic E-state index is -1.27. The number of benzene rings is 2. The Morgan fingerprint density at radius 1 is 1.12 bits per heavy atom. The lowest BCUT2D eigenvalue weighted by atomic mass is 9.87. The average Bonchev–Trinajstić information content (AvgIpc) is 2.84. The number of morpholine rings is 1. The summed E-state index contributed by atoms with van der Waals surface area (Å²) in [5, 5.41) is 0. The molecule has 4 rings (SSSR count). The van der Waals surface area contributed by atoms with E-state index in [9.17, 15) is 14.0 Å². The van der Waals surface area contributed by atoms with Crippen LogP contribution in [0.4, 0.5) is 4.39 Å². The third-order valence-corrected chi connectivity index (χ3v) is 5.70. The third-order valence-electron chi connectivity index (χ3n) is 5.70. The van der Waals surface area contributed by atoms with E-state index in [4.69, 9.17) is 4.74 Å². The molecule has 7 nitrogen and oxygen atoms in total. The van der Waals surface area contributed by atoms with Gasteiger partial charge in [-0.3, -0.25) is 14.6 Å². The maximum Gasteiger partial charge on any atom is 0.274 e. The predicted octanol–water partition coefficient (Wildman–Crippen LogP) is 2.82. The zero-order valence-corrected chi connectivity index (χ0v) is 18.6. The molecule has 1 aliphatic rings.